The Morgan fingerprint density at radius 3 is 2.55 bits per heavy atom. The molecule has 0 saturated carbocycles. The molecule has 2 amide bonds. The molecule has 0 spiro atoms. The second-order valence-electron chi connectivity index (χ2n) is 5.61. The molecule has 2 aliphatic rings. The molecule has 2 aliphatic heterocycles. The topological polar surface area (TPSA) is 57.7 Å². The Morgan fingerprint density at radius 2 is 1.91 bits per heavy atom. The van der Waals surface area contributed by atoms with Gasteiger partial charge in [-0.2, -0.15) is 0 Å². The van der Waals surface area contributed by atoms with E-state index in [0.717, 1.165) is 24.3 Å². The lowest BCUT2D eigenvalue weighted by molar-refractivity contribution is -0.117. The molecule has 1 atom stereocenters. The Bertz CT molecular complexity index is 632. The van der Waals surface area contributed by atoms with Crippen molar-refractivity contribution in [2.75, 3.05) is 22.9 Å². The van der Waals surface area contributed by atoms with Crippen LogP contribution in [0.2, 0.25) is 0 Å². The van der Waals surface area contributed by atoms with Crippen molar-refractivity contribution in [2.45, 2.75) is 31.4 Å². The lowest BCUT2D eigenvalue weighted by Crippen LogP contribution is -2.27. The van der Waals surface area contributed by atoms with Crippen LogP contribution in [0.4, 0.5) is 11.4 Å². The van der Waals surface area contributed by atoms with Crippen LogP contribution in [0.3, 0.4) is 0 Å². The number of nitrogens with zero attached hydrogens (tertiary/aromatic N) is 2. The first-order valence-electron chi connectivity index (χ1n) is 7.42. The molecule has 1 unspecified atom stereocenters. The average molecular weight is 318 g/mol. The third-order valence-electron chi connectivity index (χ3n) is 3.95. The van der Waals surface area contributed by atoms with Crippen molar-refractivity contribution in [1.82, 2.24) is 0 Å². The number of benzene rings is 1. The van der Waals surface area contributed by atoms with Crippen molar-refractivity contribution in [1.29, 1.82) is 0 Å². The van der Waals surface area contributed by atoms with Crippen LogP contribution < -0.4 is 9.80 Å². The summed E-state index contributed by atoms with van der Waals surface area (Å²) in [6.07, 6.45) is 1.85. The van der Waals surface area contributed by atoms with E-state index in [1.165, 1.54) is 18.7 Å². The highest BCUT2D eigenvalue weighted by atomic mass is 32.2. The summed E-state index contributed by atoms with van der Waals surface area (Å²) in [4.78, 5) is 38.7. The molecule has 22 heavy (non-hydrogen) atoms. The third kappa shape index (κ3) is 3.02. The molecule has 1 aromatic rings. The first kappa shape index (κ1) is 15.1. The molecule has 0 aliphatic carbocycles. The van der Waals surface area contributed by atoms with Gasteiger partial charge < -0.3 is 9.80 Å². The first-order chi connectivity index (χ1) is 10.5. The SMILES string of the molecule is CC(=O)SC1CC(=O)N(c2cccc(N3CCCC3=O)c2)C1. The van der Waals surface area contributed by atoms with Gasteiger partial charge in [0.15, 0.2) is 5.12 Å². The fourth-order valence-electron chi connectivity index (χ4n) is 2.99. The van der Waals surface area contributed by atoms with Crippen molar-refractivity contribution in [2.24, 2.45) is 0 Å². The van der Waals surface area contributed by atoms with E-state index in [2.05, 4.69) is 0 Å². The van der Waals surface area contributed by atoms with Gasteiger partial charge in [0.25, 0.3) is 0 Å². The number of hydrogen-bond donors (Lipinski definition) is 0. The Labute approximate surface area is 133 Å². The van der Waals surface area contributed by atoms with Gasteiger partial charge in [0.2, 0.25) is 11.8 Å². The zero-order valence-corrected chi connectivity index (χ0v) is 13.3. The van der Waals surface area contributed by atoms with Gasteiger partial charge in [-0.15, -0.1) is 0 Å². The highest BCUT2D eigenvalue weighted by Crippen LogP contribution is 2.31. The molecule has 3 rings (SSSR count). The van der Waals surface area contributed by atoms with Gasteiger partial charge in [0, 0.05) is 49.5 Å². The van der Waals surface area contributed by atoms with Crippen molar-refractivity contribution in [3.63, 3.8) is 0 Å². The highest BCUT2D eigenvalue weighted by Gasteiger charge is 2.32. The van der Waals surface area contributed by atoms with E-state index < -0.39 is 0 Å². The van der Waals surface area contributed by atoms with Crippen LogP contribution in [0, 0.1) is 0 Å². The fourth-order valence-corrected chi connectivity index (χ4v) is 3.91. The molecular formula is C16H18N2O3S. The summed E-state index contributed by atoms with van der Waals surface area (Å²) in [7, 11) is 0. The van der Waals surface area contributed by atoms with Gasteiger partial charge in [-0.05, 0) is 24.6 Å². The van der Waals surface area contributed by atoms with Crippen molar-refractivity contribution in [3.8, 4) is 0 Å². The molecule has 0 bridgehead atoms. The average Bonchev–Trinajstić information content (AvgIpc) is 3.04. The van der Waals surface area contributed by atoms with E-state index in [4.69, 9.17) is 0 Å². The number of thioether (sulfide) groups is 1. The van der Waals surface area contributed by atoms with E-state index in [0.29, 0.717) is 19.4 Å². The predicted molar refractivity (Wildman–Crippen MR) is 87.1 cm³/mol. The zero-order valence-electron chi connectivity index (χ0n) is 12.4. The van der Waals surface area contributed by atoms with Gasteiger partial charge in [-0.3, -0.25) is 14.4 Å². The number of anilines is 2. The molecule has 2 saturated heterocycles. The predicted octanol–water partition coefficient (Wildman–Crippen LogP) is 2.20. The molecule has 0 N–H and O–H groups in total. The van der Waals surface area contributed by atoms with Crippen molar-refractivity contribution < 1.29 is 14.4 Å². The monoisotopic (exact) mass is 318 g/mol. The second kappa shape index (κ2) is 6.12. The van der Waals surface area contributed by atoms with E-state index >= 15 is 0 Å². The smallest absolute Gasteiger partial charge is 0.228 e. The summed E-state index contributed by atoms with van der Waals surface area (Å²) in [6.45, 7) is 2.80. The minimum Gasteiger partial charge on any atom is -0.312 e. The standard InChI is InChI=1S/C16H18N2O3S/c1-11(19)22-14-9-16(21)18(10-14)13-5-2-4-12(8-13)17-7-3-6-15(17)20/h2,4-5,8,14H,3,6-7,9-10H2,1H3. The summed E-state index contributed by atoms with van der Waals surface area (Å²) in [6, 6.07) is 7.54. The number of hydrogen-bond acceptors (Lipinski definition) is 4. The van der Waals surface area contributed by atoms with E-state index in [9.17, 15) is 14.4 Å². The normalized spacial score (nSPS) is 21.8. The second-order valence-corrected chi connectivity index (χ2v) is 7.09. The molecule has 116 valence electrons. The molecule has 6 heteroatoms. The van der Waals surface area contributed by atoms with Crippen LogP contribution in [0.5, 0.6) is 0 Å². The van der Waals surface area contributed by atoms with Crippen LogP contribution in [-0.4, -0.2) is 35.3 Å². The van der Waals surface area contributed by atoms with E-state index in [-0.39, 0.29) is 22.2 Å². The highest BCUT2D eigenvalue weighted by molar-refractivity contribution is 8.14. The Hall–Kier alpha value is -1.82. The molecule has 0 aromatic heterocycles. The maximum absolute atomic E-state index is 12.2. The van der Waals surface area contributed by atoms with Gasteiger partial charge in [-0.25, -0.2) is 0 Å². The first-order valence-corrected chi connectivity index (χ1v) is 8.30. The zero-order chi connectivity index (χ0) is 15.7. The molecular weight excluding hydrogens is 300 g/mol. The van der Waals surface area contributed by atoms with Gasteiger partial charge >= 0.3 is 0 Å². The number of carbonyl (C=O) groups is 3. The van der Waals surface area contributed by atoms with Gasteiger partial charge in [0.1, 0.15) is 0 Å². The molecule has 1 aromatic carbocycles. The Balaban J connectivity index is 1.79. The molecule has 5 nitrogen and oxygen atoms in total. The van der Waals surface area contributed by atoms with Crippen LogP contribution in [-0.2, 0) is 14.4 Å². The quantitative estimate of drug-likeness (QED) is 0.857. The van der Waals surface area contributed by atoms with Crippen LogP contribution in [0.15, 0.2) is 24.3 Å². The number of rotatable bonds is 3. The minimum absolute atomic E-state index is 0.0158. The Morgan fingerprint density at radius 1 is 1.18 bits per heavy atom. The third-order valence-corrected chi connectivity index (χ3v) is 4.93. The summed E-state index contributed by atoms with van der Waals surface area (Å²) in [5.41, 5.74) is 1.64. The minimum atomic E-state index is 0.0158. The van der Waals surface area contributed by atoms with Gasteiger partial charge in [-0.1, -0.05) is 17.8 Å². The summed E-state index contributed by atoms with van der Waals surface area (Å²) in [5, 5.41) is 0.0538. The Kier molecular flexibility index (Phi) is 4.20. The molecule has 2 heterocycles. The molecule has 2 fully saturated rings. The van der Waals surface area contributed by atoms with Gasteiger partial charge in [0.05, 0.1) is 0 Å². The van der Waals surface area contributed by atoms with E-state index in [1.807, 2.05) is 24.3 Å². The summed E-state index contributed by atoms with van der Waals surface area (Å²) < 4.78 is 0. The van der Waals surface area contributed by atoms with Crippen LogP contribution in [0.1, 0.15) is 26.2 Å². The van der Waals surface area contributed by atoms with Crippen LogP contribution in [0.25, 0.3) is 0 Å². The maximum atomic E-state index is 12.2. The summed E-state index contributed by atoms with van der Waals surface area (Å²) >= 11 is 1.23. The van der Waals surface area contributed by atoms with Crippen molar-refractivity contribution >= 4 is 40.1 Å². The lowest BCUT2D eigenvalue weighted by Gasteiger charge is -2.21. The number of amides is 2. The summed E-state index contributed by atoms with van der Waals surface area (Å²) in [5.74, 6) is 0.165. The molecule has 0 radical (unpaired) electrons. The number of carbonyl (C=O) groups excluding carboxylic acids is 3. The lowest BCUT2D eigenvalue weighted by atomic mass is 10.2. The van der Waals surface area contributed by atoms with Crippen molar-refractivity contribution in [3.05, 3.63) is 24.3 Å². The largest absolute Gasteiger partial charge is 0.312 e. The van der Waals surface area contributed by atoms with E-state index in [1.54, 1.807) is 9.80 Å². The van der Waals surface area contributed by atoms with Crippen LogP contribution >= 0.6 is 11.8 Å². The fraction of sp³-hybridized carbons (Fsp3) is 0.438. The maximum Gasteiger partial charge on any atom is 0.228 e.